The van der Waals surface area contributed by atoms with Crippen molar-refractivity contribution in [3.8, 4) is 39.5 Å². The lowest BCUT2D eigenvalue weighted by Gasteiger charge is -2.35. The molecule has 0 unspecified atom stereocenters. The van der Waals surface area contributed by atoms with Gasteiger partial charge in [0.1, 0.15) is 22.8 Å². The van der Waals surface area contributed by atoms with E-state index in [1.807, 2.05) is 30.3 Å². The molecule has 0 bridgehead atoms. The molecule has 0 heterocycles. The van der Waals surface area contributed by atoms with Crippen LogP contribution in [0.1, 0.15) is 179 Å². The number of hydrogen-bond donors (Lipinski definition) is 0. The molecular weight excluding hydrogens is 953 g/mol. The Labute approximate surface area is 451 Å². The van der Waals surface area contributed by atoms with Gasteiger partial charge in [-0.15, -0.1) is 0 Å². The van der Waals surface area contributed by atoms with Crippen LogP contribution in [0.4, 0.5) is 0 Å². The predicted molar refractivity (Wildman–Crippen MR) is 300 cm³/mol. The smallest absolute Gasteiger partial charge is 0.341 e. The van der Waals surface area contributed by atoms with Gasteiger partial charge < -0.3 is 28.4 Å². The fraction of sp³-hybridized carbons (Fsp3) is 0.424. The molecule has 0 spiro atoms. The van der Waals surface area contributed by atoms with E-state index in [0.29, 0.717) is 49.6 Å². The number of carbonyl (C=O) groups is 4. The third kappa shape index (κ3) is 16.5. The number of ether oxygens (including phenoxy) is 6. The number of rotatable bonds is 28. The molecule has 0 amide bonds. The number of hydrogen-bond acceptors (Lipinski definition) is 10. The SMILES string of the molecule is C=CC(=O)OCCCCCCOc1ccc(-c2ccc(C3CCC(c4ccc(C(=O)OCC)c(OC(=O)CC)c4C4CCC(c5ccc(-c6ccc(OCCCCCCOC(=O)C=C)cc6)cc5)CC4)CC3)cc2)cc1. The summed E-state index contributed by atoms with van der Waals surface area (Å²) in [6, 6.07) is 38.6. The first kappa shape index (κ1) is 56.8. The van der Waals surface area contributed by atoms with Gasteiger partial charge in [0.05, 0.1) is 33.0 Å². The van der Waals surface area contributed by atoms with E-state index >= 15 is 0 Å². The second kappa shape index (κ2) is 30.0. The van der Waals surface area contributed by atoms with Crippen molar-refractivity contribution >= 4 is 23.9 Å². The molecule has 0 N–H and O–H groups in total. The zero-order valence-corrected chi connectivity index (χ0v) is 44.9. The summed E-state index contributed by atoms with van der Waals surface area (Å²) in [7, 11) is 0. The van der Waals surface area contributed by atoms with E-state index in [1.165, 1.54) is 34.4 Å². The average molecular weight is 1030 g/mol. The first-order valence-corrected chi connectivity index (χ1v) is 28.0. The zero-order valence-electron chi connectivity index (χ0n) is 44.9. The molecule has 2 saturated carbocycles. The Morgan fingerprint density at radius 2 is 0.855 bits per heavy atom. The van der Waals surface area contributed by atoms with Crippen molar-refractivity contribution < 1.29 is 47.6 Å². The van der Waals surface area contributed by atoms with Crippen molar-refractivity contribution in [2.75, 3.05) is 33.0 Å². The van der Waals surface area contributed by atoms with Crippen molar-refractivity contribution in [2.45, 2.75) is 147 Å². The maximum absolute atomic E-state index is 13.5. The van der Waals surface area contributed by atoms with E-state index < -0.39 is 5.97 Å². The summed E-state index contributed by atoms with van der Waals surface area (Å²) in [5.41, 5.74) is 9.88. The van der Waals surface area contributed by atoms with Gasteiger partial charge >= 0.3 is 23.9 Å². The zero-order chi connectivity index (χ0) is 53.5. The van der Waals surface area contributed by atoms with Gasteiger partial charge in [0, 0.05) is 24.1 Å². The van der Waals surface area contributed by atoms with Crippen LogP contribution in [0.5, 0.6) is 17.2 Å². The summed E-state index contributed by atoms with van der Waals surface area (Å²) in [5, 5.41) is 0. The summed E-state index contributed by atoms with van der Waals surface area (Å²) in [6.07, 6.45) is 18.0. The van der Waals surface area contributed by atoms with E-state index in [4.69, 9.17) is 28.4 Å². The minimum Gasteiger partial charge on any atom is -0.494 e. The third-order valence-corrected chi connectivity index (χ3v) is 15.1. The molecule has 10 heteroatoms. The molecule has 10 nitrogen and oxygen atoms in total. The van der Waals surface area contributed by atoms with Gasteiger partial charge in [-0.3, -0.25) is 4.79 Å². The van der Waals surface area contributed by atoms with Gasteiger partial charge in [0.15, 0.2) is 0 Å². The maximum atomic E-state index is 13.5. The van der Waals surface area contributed by atoms with E-state index in [1.54, 1.807) is 13.8 Å². The van der Waals surface area contributed by atoms with Crippen LogP contribution in [-0.4, -0.2) is 56.9 Å². The molecule has 7 rings (SSSR count). The number of benzene rings is 5. The fourth-order valence-corrected chi connectivity index (χ4v) is 10.9. The largest absolute Gasteiger partial charge is 0.494 e. The van der Waals surface area contributed by atoms with Gasteiger partial charge in [-0.1, -0.05) is 98.9 Å². The molecule has 0 saturated heterocycles. The van der Waals surface area contributed by atoms with Crippen LogP contribution in [0, 0.1) is 0 Å². The van der Waals surface area contributed by atoms with Crippen molar-refractivity contribution in [1.29, 1.82) is 0 Å². The van der Waals surface area contributed by atoms with Crippen LogP contribution >= 0.6 is 0 Å². The van der Waals surface area contributed by atoms with Crippen LogP contribution in [0.3, 0.4) is 0 Å². The molecule has 2 fully saturated rings. The average Bonchev–Trinajstić information content (AvgIpc) is 3.47. The maximum Gasteiger partial charge on any atom is 0.341 e. The monoisotopic (exact) mass is 1030 g/mol. The summed E-state index contributed by atoms with van der Waals surface area (Å²) in [5.74, 6) is 1.82. The first-order chi connectivity index (χ1) is 37.2. The van der Waals surface area contributed by atoms with Crippen LogP contribution in [-0.2, 0) is 28.6 Å². The first-order valence-electron chi connectivity index (χ1n) is 28.0. The quantitative estimate of drug-likeness (QED) is 0.0157. The van der Waals surface area contributed by atoms with Crippen molar-refractivity contribution in [3.05, 3.63) is 162 Å². The molecule has 2 aliphatic carbocycles. The van der Waals surface area contributed by atoms with Gasteiger partial charge in [-0.2, -0.15) is 0 Å². The highest BCUT2D eigenvalue weighted by molar-refractivity contribution is 5.94. The van der Waals surface area contributed by atoms with Gasteiger partial charge in [0.2, 0.25) is 0 Å². The molecular formula is C66H78O10. The van der Waals surface area contributed by atoms with Gasteiger partial charge in [0.25, 0.3) is 0 Å². The molecule has 0 aliphatic heterocycles. The summed E-state index contributed by atoms with van der Waals surface area (Å²) >= 11 is 0. The van der Waals surface area contributed by atoms with Crippen LogP contribution < -0.4 is 14.2 Å². The molecule has 5 aromatic rings. The Hall–Kier alpha value is -6.94. The molecule has 2 aliphatic rings. The van der Waals surface area contributed by atoms with Crippen LogP contribution in [0.2, 0.25) is 0 Å². The van der Waals surface area contributed by atoms with E-state index in [0.717, 1.165) is 136 Å². The Bertz CT molecular complexity index is 2640. The van der Waals surface area contributed by atoms with Crippen LogP contribution in [0.15, 0.2) is 135 Å². The Balaban J connectivity index is 0.941. The highest BCUT2D eigenvalue weighted by Gasteiger charge is 2.34. The molecule has 5 aromatic carbocycles. The van der Waals surface area contributed by atoms with Crippen molar-refractivity contribution in [3.63, 3.8) is 0 Å². The molecule has 0 atom stereocenters. The summed E-state index contributed by atoms with van der Waals surface area (Å²) < 4.78 is 33.8. The van der Waals surface area contributed by atoms with Crippen LogP contribution in [0.25, 0.3) is 22.3 Å². The van der Waals surface area contributed by atoms with E-state index in [2.05, 4.69) is 92.0 Å². The Morgan fingerprint density at radius 1 is 0.461 bits per heavy atom. The van der Waals surface area contributed by atoms with Crippen molar-refractivity contribution in [2.24, 2.45) is 0 Å². The predicted octanol–water partition coefficient (Wildman–Crippen LogP) is 15.7. The topological polar surface area (TPSA) is 124 Å². The standard InChI is InChI=1S/C66H78O10/c1-5-61(67)74-45-15-11-9-13-43-72-57-37-33-53(34-38-57)49-21-17-47(18-22-49)51-25-29-55(30-26-51)59-41-42-60(66(70)71-8-4)65(76-63(69)7-3)64(59)56-31-27-52(28-32-56)48-19-23-50(24-20-48)54-35-39-58(40-36-54)73-44-14-10-12-16-46-75-62(68)6-2/h5-6,17-24,33-42,51-52,55-56H,1-2,7-16,25-32,43-46H2,3-4H3. The van der Waals surface area contributed by atoms with Crippen molar-refractivity contribution in [1.82, 2.24) is 0 Å². The lowest BCUT2D eigenvalue weighted by molar-refractivity contribution is -0.138. The second-order valence-corrected chi connectivity index (χ2v) is 20.2. The van der Waals surface area contributed by atoms with Gasteiger partial charge in [-0.25, -0.2) is 14.4 Å². The minimum absolute atomic E-state index is 0.137. The fourth-order valence-electron chi connectivity index (χ4n) is 10.9. The second-order valence-electron chi connectivity index (χ2n) is 20.2. The van der Waals surface area contributed by atoms with E-state index in [-0.39, 0.29) is 42.8 Å². The summed E-state index contributed by atoms with van der Waals surface area (Å²) in [6.45, 7) is 12.8. The highest BCUT2D eigenvalue weighted by Crippen LogP contribution is 2.50. The number of carbonyl (C=O) groups excluding carboxylic acids is 4. The molecule has 76 heavy (non-hydrogen) atoms. The lowest BCUT2D eigenvalue weighted by atomic mass is 9.70. The summed E-state index contributed by atoms with van der Waals surface area (Å²) in [4.78, 5) is 49.1. The van der Waals surface area contributed by atoms with Gasteiger partial charge in [-0.05, 0) is 203 Å². The van der Waals surface area contributed by atoms with E-state index in [9.17, 15) is 19.2 Å². The molecule has 0 radical (unpaired) electrons. The number of esters is 4. The highest BCUT2D eigenvalue weighted by atomic mass is 16.6. The molecule has 0 aromatic heterocycles. The lowest BCUT2D eigenvalue weighted by Crippen LogP contribution is -2.21. The Kier molecular flexibility index (Phi) is 22.4. The normalized spacial score (nSPS) is 17.2. The molecule has 402 valence electrons. The Morgan fingerprint density at radius 3 is 1.26 bits per heavy atom. The third-order valence-electron chi connectivity index (χ3n) is 15.1. The minimum atomic E-state index is -0.458. The number of unbranched alkanes of at least 4 members (excludes halogenated alkanes) is 6.